The van der Waals surface area contributed by atoms with E-state index in [2.05, 4.69) is 25.3 Å². The second kappa shape index (κ2) is 11.1. The second-order valence-corrected chi connectivity index (χ2v) is 9.96. The Balaban J connectivity index is 1.44. The third kappa shape index (κ3) is 7.17. The number of carbonyl (C=O) groups excluding carboxylic acids is 2. The number of pyridine rings is 1. The summed E-state index contributed by atoms with van der Waals surface area (Å²) < 4.78 is 27.4. The quantitative estimate of drug-likeness (QED) is 0.377. The molecule has 0 aliphatic rings. The lowest BCUT2D eigenvalue weighted by molar-refractivity contribution is -0.122. The minimum absolute atomic E-state index is 0.00465. The zero-order valence-electron chi connectivity index (χ0n) is 18.2. The summed E-state index contributed by atoms with van der Waals surface area (Å²) in [5.74, 6) is -0.664. The van der Waals surface area contributed by atoms with Crippen LogP contribution in [0.2, 0.25) is 0 Å². The predicted octanol–water partition coefficient (Wildman–Crippen LogP) is 2.58. The van der Waals surface area contributed by atoms with Crippen molar-refractivity contribution in [3.8, 4) is 11.3 Å². The van der Waals surface area contributed by atoms with Crippen molar-refractivity contribution in [1.29, 1.82) is 0 Å². The molecule has 0 bridgehead atoms. The van der Waals surface area contributed by atoms with Crippen LogP contribution in [0.15, 0.2) is 59.1 Å². The van der Waals surface area contributed by atoms with Gasteiger partial charge in [0.2, 0.25) is 21.8 Å². The molecule has 0 fully saturated rings. The fourth-order valence-electron chi connectivity index (χ4n) is 2.96. The lowest BCUT2D eigenvalue weighted by Gasteiger charge is -2.14. The molecular formula is C22H25N5O4S2. The molecule has 9 nitrogen and oxygen atoms in total. The van der Waals surface area contributed by atoms with Crippen LogP contribution < -0.4 is 15.4 Å². The van der Waals surface area contributed by atoms with Gasteiger partial charge >= 0.3 is 0 Å². The summed E-state index contributed by atoms with van der Waals surface area (Å²) in [5, 5.41) is 8.27. The molecule has 2 aromatic heterocycles. The number of aromatic nitrogens is 2. The normalized spacial score (nSPS) is 12.2. The van der Waals surface area contributed by atoms with Crippen LogP contribution in [-0.2, 0) is 26.0 Å². The lowest BCUT2D eigenvalue weighted by atomic mass is 10.2. The van der Waals surface area contributed by atoms with Gasteiger partial charge in [0.15, 0.2) is 0 Å². The molecule has 2 amide bonds. The molecule has 1 aromatic carbocycles. The maximum atomic E-state index is 12.5. The van der Waals surface area contributed by atoms with Crippen molar-refractivity contribution >= 4 is 38.9 Å². The molecule has 0 aliphatic heterocycles. The molecule has 2 heterocycles. The first-order chi connectivity index (χ1) is 15.7. The first-order valence-electron chi connectivity index (χ1n) is 10.3. The number of anilines is 1. The third-order valence-electron chi connectivity index (χ3n) is 4.60. The van der Waals surface area contributed by atoms with Gasteiger partial charge in [-0.2, -0.15) is 4.72 Å². The van der Waals surface area contributed by atoms with E-state index in [1.54, 1.807) is 23.7 Å². The van der Waals surface area contributed by atoms with Gasteiger partial charge < -0.3 is 10.6 Å². The van der Waals surface area contributed by atoms with E-state index in [1.165, 1.54) is 38.1 Å². The van der Waals surface area contributed by atoms with E-state index in [4.69, 9.17) is 0 Å². The van der Waals surface area contributed by atoms with Gasteiger partial charge in [0.25, 0.3) is 0 Å². The molecule has 3 aromatic rings. The van der Waals surface area contributed by atoms with Crippen LogP contribution in [0.3, 0.4) is 0 Å². The van der Waals surface area contributed by atoms with Crippen molar-refractivity contribution in [3.63, 3.8) is 0 Å². The van der Waals surface area contributed by atoms with Crippen LogP contribution in [0, 0.1) is 0 Å². The van der Waals surface area contributed by atoms with Crippen molar-refractivity contribution in [3.05, 3.63) is 59.2 Å². The Morgan fingerprint density at radius 2 is 1.79 bits per heavy atom. The molecule has 174 valence electrons. The summed E-state index contributed by atoms with van der Waals surface area (Å²) in [6.45, 7) is 3.25. The van der Waals surface area contributed by atoms with E-state index in [1.807, 2.05) is 17.5 Å². The molecule has 0 unspecified atom stereocenters. The van der Waals surface area contributed by atoms with Crippen LogP contribution in [0.25, 0.3) is 11.3 Å². The number of nitrogens with zero attached hydrogens (tertiary/aromatic N) is 2. The van der Waals surface area contributed by atoms with Gasteiger partial charge in [-0.25, -0.2) is 13.4 Å². The number of rotatable bonds is 10. The number of benzene rings is 1. The largest absolute Gasteiger partial charge is 0.355 e. The van der Waals surface area contributed by atoms with Crippen LogP contribution in [0.4, 0.5) is 5.69 Å². The van der Waals surface area contributed by atoms with Crippen molar-refractivity contribution in [2.75, 3.05) is 11.9 Å². The molecule has 0 aliphatic carbocycles. The highest BCUT2D eigenvalue weighted by molar-refractivity contribution is 7.89. The number of amides is 2. The average Bonchev–Trinajstić information content (AvgIpc) is 3.26. The Morgan fingerprint density at radius 1 is 1.09 bits per heavy atom. The van der Waals surface area contributed by atoms with Gasteiger partial charge in [-0.1, -0.05) is 0 Å². The highest BCUT2D eigenvalue weighted by atomic mass is 32.2. The van der Waals surface area contributed by atoms with Gasteiger partial charge in [-0.3, -0.25) is 14.6 Å². The van der Waals surface area contributed by atoms with E-state index in [0.29, 0.717) is 25.1 Å². The Morgan fingerprint density at radius 3 is 2.45 bits per heavy atom. The van der Waals surface area contributed by atoms with E-state index >= 15 is 0 Å². The van der Waals surface area contributed by atoms with Gasteiger partial charge in [0.1, 0.15) is 0 Å². The smallest absolute Gasteiger partial charge is 0.241 e. The monoisotopic (exact) mass is 487 g/mol. The van der Waals surface area contributed by atoms with Crippen molar-refractivity contribution in [2.45, 2.75) is 37.6 Å². The maximum Gasteiger partial charge on any atom is 0.241 e. The molecule has 0 saturated heterocycles. The summed E-state index contributed by atoms with van der Waals surface area (Å²) in [5.41, 5.74) is 2.39. The van der Waals surface area contributed by atoms with Crippen molar-refractivity contribution < 1.29 is 18.0 Å². The Kier molecular flexibility index (Phi) is 8.26. The molecule has 1 atom stereocenters. The molecule has 0 saturated carbocycles. The van der Waals surface area contributed by atoms with E-state index in [-0.39, 0.29) is 10.8 Å². The minimum atomic E-state index is -3.88. The number of carbonyl (C=O) groups is 2. The minimum Gasteiger partial charge on any atom is -0.355 e. The Labute approximate surface area is 196 Å². The molecule has 33 heavy (non-hydrogen) atoms. The van der Waals surface area contributed by atoms with Crippen LogP contribution in [0.5, 0.6) is 0 Å². The van der Waals surface area contributed by atoms with Crippen LogP contribution in [-0.4, -0.2) is 42.8 Å². The Bertz CT molecular complexity index is 1200. The summed E-state index contributed by atoms with van der Waals surface area (Å²) in [4.78, 5) is 32.0. The average molecular weight is 488 g/mol. The number of sulfonamides is 1. The van der Waals surface area contributed by atoms with Crippen LogP contribution >= 0.6 is 11.3 Å². The third-order valence-corrected chi connectivity index (χ3v) is 7.07. The van der Waals surface area contributed by atoms with Crippen molar-refractivity contribution in [2.24, 2.45) is 0 Å². The van der Waals surface area contributed by atoms with E-state index < -0.39 is 22.0 Å². The number of hydrogen-bond donors (Lipinski definition) is 3. The fourth-order valence-corrected chi connectivity index (χ4v) is 5.01. The first-order valence-corrected chi connectivity index (χ1v) is 12.6. The number of nitrogens with one attached hydrogen (secondary N) is 3. The summed E-state index contributed by atoms with van der Waals surface area (Å²) in [7, 11) is -3.88. The number of hydrogen-bond acceptors (Lipinski definition) is 7. The highest BCUT2D eigenvalue weighted by Crippen LogP contribution is 2.21. The van der Waals surface area contributed by atoms with Gasteiger partial charge in [0, 0.05) is 48.9 Å². The van der Waals surface area contributed by atoms with E-state index in [9.17, 15) is 18.0 Å². The predicted molar refractivity (Wildman–Crippen MR) is 127 cm³/mol. The standard InChI is InChI=1S/C22H25N5O4S2/c1-15(27-33(30,31)19-7-5-18(6-8-19)25-16(2)28)22(29)24-11-3-4-21-26-20(14-32-21)17-9-12-23-13-10-17/h5-10,12-15,27H,3-4,11H2,1-2H3,(H,24,29)(H,25,28)/t15-/m0/s1. The summed E-state index contributed by atoms with van der Waals surface area (Å²) in [6, 6.07) is 8.57. The molecule has 0 spiro atoms. The first kappa shape index (κ1) is 24.5. The topological polar surface area (TPSA) is 130 Å². The molecule has 11 heteroatoms. The Hall–Kier alpha value is -3.15. The lowest BCUT2D eigenvalue weighted by Crippen LogP contribution is -2.45. The molecular weight excluding hydrogens is 462 g/mol. The zero-order valence-corrected chi connectivity index (χ0v) is 19.9. The summed E-state index contributed by atoms with van der Waals surface area (Å²) in [6.07, 6.45) is 4.83. The molecule has 3 N–H and O–H groups in total. The maximum absolute atomic E-state index is 12.5. The second-order valence-electron chi connectivity index (χ2n) is 7.31. The van der Waals surface area contributed by atoms with Gasteiger partial charge in [-0.05, 0) is 49.7 Å². The zero-order chi connectivity index (χ0) is 23.8. The van der Waals surface area contributed by atoms with E-state index in [0.717, 1.165) is 16.3 Å². The number of thiazole rings is 1. The fraction of sp³-hybridized carbons (Fsp3) is 0.273. The van der Waals surface area contributed by atoms with Gasteiger partial charge in [0.05, 0.1) is 21.6 Å². The SMILES string of the molecule is CC(=O)Nc1ccc(S(=O)(=O)N[C@@H](C)C(=O)NCCCc2nc(-c3ccncc3)cs2)cc1. The summed E-state index contributed by atoms with van der Waals surface area (Å²) >= 11 is 1.56. The van der Waals surface area contributed by atoms with Crippen molar-refractivity contribution in [1.82, 2.24) is 20.0 Å². The number of aryl methyl sites for hydroxylation is 1. The highest BCUT2D eigenvalue weighted by Gasteiger charge is 2.21. The van der Waals surface area contributed by atoms with Crippen LogP contribution in [0.1, 0.15) is 25.3 Å². The van der Waals surface area contributed by atoms with Gasteiger partial charge in [-0.15, -0.1) is 11.3 Å². The molecule has 3 rings (SSSR count). The molecule has 0 radical (unpaired) electrons.